The number of hydrogen-bond donors (Lipinski definition) is 1. The molecule has 0 radical (unpaired) electrons. The highest BCUT2D eigenvalue weighted by molar-refractivity contribution is 5.38. The molecule has 2 aromatic heterocycles. The van der Waals surface area contributed by atoms with Crippen molar-refractivity contribution in [1.29, 1.82) is 5.26 Å². The average Bonchev–Trinajstić information content (AvgIpc) is 2.75. The number of rotatable bonds is 4. The van der Waals surface area contributed by atoms with Crippen LogP contribution in [-0.2, 0) is 13.5 Å². The van der Waals surface area contributed by atoms with Crippen LogP contribution in [0.2, 0.25) is 0 Å². The fraction of sp³-hybridized carbons (Fsp3) is 0.250. The van der Waals surface area contributed by atoms with Crippen molar-refractivity contribution in [2.75, 3.05) is 11.9 Å². The molecular formula is C12H13N5. The zero-order valence-corrected chi connectivity index (χ0v) is 9.59. The maximum absolute atomic E-state index is 8.72. The van der Waals surface area contributed by atoms with E-state index in [-0.39, 0.29) is 0 Å². The maximum Gasteiger partial charge on any atom is 0.142 e. The molecule has 5 nitrogen and oxygen atoms in total. The number of aryl methyl sites for hydroxylation is 1. The van der Waals surface area contributed by atoms with Gasteiger partial charge in [-0.2, -0.15) is 10.4 Å². The summed E-state index contributed by atoms with van der Waals surface area (Å²) in [6, 6.07) is 7.37. The first-order valence-corrected chi connectivity index (χ1v) is 5.36. The number of anilines is 1. The standard InChI is InChI=1S/C12H13N5/c1-17-9-10(8-15-17)5-6-14-12-4-2-3-11(7-13)16-12/h2-4,8-9H,5-6H2,1H3,(H,14,16). The number of hydrogen-bond acceptors (Lipinski definition) is 4. The number of nitrogens with zero attached hydrogens (tertiary/aromatic N) is 4. The third-order valence-corrected chi connectivity index (χ3v) is 2.34. The Morgan fingerprint density at radius 3 is 3.06 bits per heavy atom. The molecule has 0 saturated heterocycles. The van der Waals surface area contributed by atoms with Gasteiger partial charge in [-0.1, -0.05) is 6.07 Å². The van der Waals surface area contributed by atoms with Crippen LogP contribution < -0.4 is 5.32 Å². The molecule has 0 bridgehead atoms. The number of pyridine rings is 1. The lowest BCUT2D eigenvalue weighted by molar-refractivity contribution is 0.767. The van der Waals surface area contributed by atoms with Gasteiger partial charge in [-0.05, 0) is 24.1 Å². The lowest BCUT2D eigenvalue weighted by Crippen LogP contribution is -2.06. The van der Waals surface area contributed by atoms with E-state index >= 15 is 0 Å². The second-order valence-corrected chi connectivity index (χ2v) is 3.72. The van der Waals surface area contributed by atoms with Crippen LogP contribution in [0, 0.1) is 11.3 Å². The molecule has 2 heterocycles. The molecule has 0 atom stereocenters. The van der Waals surface area contributed by atoms with E-state index in [0.717, 1.165) is 18.8 Å². The first-order valence-electron chi connectivity index (χ1n) is 5.36. The molecule has 0 aliphatic rings. The first kappa shape index (κ1) is 11.1. The third-order valence-electron chi connectivity index (χ3n) is 2.34. The van der Waals surface area contributed by atoms with Gasteiger partial charge in [0.15, 0.2) is 0 Å². The van der Waals surface area contributed by atoms with Crippen molar-refractivity contribution in [1.82, 2.24) is 14.8 Å². The average molecular weight is 227 g/mol. The van der Waals surface area contributed by atoms with Crippen LogP contribution in [0.1, 0.15) is 11.3 Å². The molecule has 0 amide bonds. The largest absolute Gasteiger partial charge is 0.370 e. The second kappa shape index (κ2) is 5.12. The van der Waals surface area contributed by atoms with E-state index in [9.17, 15) is 0 Å². The monoisotopic (exact) mass is 227 g/mol. The summed E-state index contributed by atoms with van der Waals surface area (Å²) in [5, 5.41) is 16.0. The van der Waals surface area contributed by atoms with Gasteiger partial charge in [-0.25, -0.2) is 4.98 Å². The lowest BCUT2D eigenvalue weighted by atomic mass is 10.2. The predicted molar refractivity (Wildman–Crippen MR) is 64.4 cm³/mol. The van der Waals surface area contributed by atoms with Crippen molar-refractivity contribution >= 4 is 5.82 Å². The Kier molecular flexibility index (Phi) is 3.36. The van der Waals surface area contributed by atoms with Gasteiger partial charge in [-0.3, -0.25) is 4.68 Å². The zero-order valence-electron chi connectivity index (χ0n) is 9.59. The van der Waals surface area contributed by atoms with E-state index < -0.39 is 0 Å². The molecule has 2 rings (SSSR count). The van der Waals surface area contributed by atoms with E-state index in [1.807, 2.05) is 37.6 Å². The van der Waals surface area contributed by atoms with E-state index in [2.05, 4.69) is 15.4 Å². The second-order valence-electron chi connectivity index (χ2n) is 3.72. The van der Waals surface area contributed by atoms with Crippen LogP contribution in [0.15, 0.2) is 30.6 Å². The summed E-state index contributed by atoms with van der Waals surface area (Å²) < 4.78 is 1.78. The van der Waals surface area contributed by atoms with Gasteiger partial charge in [0.25, 0.3) is 0 Å². The minimum atomic E-state index is 0.427. The Hall–Kier alpha value is -2.35. The van der Waals surface area contributed by atoms with Gasteiger partial charge < -0.3 is 5.32 Å². The molecule has 17 heavy (non-hydrogen) atoms. The Balaban J connectivity index is 1.88. The van der Waals surface area contributed by atoms with E-state index in [1.165, 1.54) is 5.56 Å². The van der Waals surface area contributed by atoms with Gasteiger partial charge in [0.2, 0.25) is 0 Å². The van der Waals surface area contributed by atoms with Crippen LogP contribution in [-0.4, -0.2) is 21.3 Å². The third kappa shape index (κ3) is 3.05. The minimum absolute atomic E-state index is 0.427. The van der Waals surface area contributed by atoms with Gasteiger partial charge in [0, 0.05) is 19.8 Å². The predicted octanol–water partition coefficient (Wildman–Crippen LogP) is 1.34. The highest BCUT2D eigenvalue weighted by Crippen LogP contribution is 2.04. The van der Waals surface area contributed by atoms with Gasteiger partial charge in [0.05, 0.1) is 6.20 Å². The molecule has 0 aliphatic heterocycles. The number of aromatic nitrogens is 3. The lowest BCUT2D eigenvalue weighted by Gasteiger charge is -2.03. The summed E-state index contributed by atoms with van der Waals surface area (Å²) in [4.78, 5) is 4.13. The van der Waals surface area contributed by atoms with Crippen molar-refractivity contribution < 1.29 is 0 Å². The van der Waals surface area contributed by atoms with Crippen LogP contribution in [0.5, 0.6) is 0 Å². The van der Waals surface area contributed by atoms with Crippen molar-refractivity contribution in [3.63, 3.8) is 0 Å². The van der Waals surface area contributed by atoms with Gasteiger partial charge in [-0.15, -0.1) is 0 Å². The molecule has 0 spiro atoms. The smallest absolute Gasteiger partial charge is 0.142 e. The summed E-state index contributed by atoms with van der Waals surface area (Å²) in [6.07, 6.45) is 4.72. The van der Waals surface area contributed by atoms with Crippen molar-refractivity contribution in [2.24, 2.45) is 7.05 Å². The maximum atomic E-state index is 8.72. The summed E-state index contributed by atoms with van der Waals surface area (Å²) in [6.45, 7) is 0.771. The van der Waals surface area contributed by atoms with Crippen molar-refractivity contribution in [3.05, 3.63) is 41.9 Å². The highest BCUT2D eigenvalue weighted by atomic mass is 15.2. The number of nitrogens with one attached hydrogen (secondary N) is 1. The Morgan fingerprint density at radius 1 is 1.47 bits per heavy atom. The minimum Gasteiger partial charge on any atom is -0.370 e. The zero-order chi connectivity index (χ0) is 12.1. The van der Waals surface area contributed by atoms with E-state index in [0.29, 0.717) is 5.69 Å². The van der Waals surface area contributed by atoms with Crippen LogP contribution in [0.25, 0.3) is 0 Å². The molecule has 0 unspecified atom stereocenters. The van der Waals surface area contributed by atoms with E-state index in [4.69, 9.17) is 5.26 Å². The molecular weight excluding hydrogens is 214 g/mol. The fourth-order valence-electron chi connectivity index (χ4n) is 1.53. The molecule has 86 valence electrons. The Morgan fingerprint density at radius 2 is 2.35 bits per heavy atom. The summed E-state index contributed by atoms with van der Waals surface area (Å²) in [5.41, 5.74) is 1.60. The van der Waals surface area contributed by atoms with Crippen molar-refractivity contribution in [3.8, 4) is 6.07 Å². The molecule has 0 fully saturated rings. The topological polar surface area (TPSA) is 66.5 Å². The molecule has 0 saturated carbocycles. The van der Waals surface area contributed by atoms with Gasteiger partial charge >= 0.3 is 0 Å². The quantitative estimate of drug-likeness (QED) is 0.856. The van der Waals surface area contributed by atoms with Crippen LogP contribution in [0.4, 0.5) is 5.82 Å². The molecule has 1 N–H and O–H groups in total. The first-order chi connectivity index (χ1) is 8.28. The van der Waals surface area contributed by atoms with Crippen molar-refractivity contribution in [2.45, 2.75) is 6.42 Å². The molecule has 5 heteroatoms. The Labute approximate surface area is 99.7 Å². The highest BCUT2D eigenvalue weighted by Gasteiger charge is 1.98. The molecule has 2 aromatic rings. The molecule has 0 aromatic carbocycles. The summed E-state index contributed by atoms with van der Waals surface area (Å²) in [7, 11) is 1.90. The summed E-state index contributed by atoms with van der Waals surface area (Å²) in [5.74, 6) is 0.730. The normalized spacial score (nSPS) is 9.88. The van der Waals surface area contributed by atoms with E-state index in [1.54, 1.807) is 10.7 Å². The van der Waals surface area contributed by atoms with Gasteiger partial charge in [0.1, 0.15) is 17.6 Å². The fourth-order valence-corrected chi connectivity index (χ4v) is 1.53. The molecule has 0 aliphatic carbocycles. The summed E-state index contributed by atoms with van der Waals surface area (Å²) >= 11 is 0. The van der Waals surface area contributed by atoms with Crippen LogP contribution in [0.3, 0.4) is 0 Å². The Bertz CT molecular complexity index is 538. The van der Waals surface area contributed by atoms with Crippen LogP contribution >= 0.6 is 0 Å². The number of nitriles is 1. The SMILES string of the molecule is Cn1cc(CCNc2cccc(C#N)n2)cn1.